The molecule has 1 saturated carbocycles. The number of aromatic nitrogens is 1. The molecular formula is C18H24N2O. The van der Waals surface area contributed by atoms with Crippen LogP contribution in [0.1, 0.15) is 40.0 Å². The molecule has 21 heavy (non-hydrogen) atoms. The molecule has 0 aliphatic heterocycles. The van der Waals surface area contributed by atoms with E-state index in [1.807, 2.05) is 30.3 Å². The molecule has 0 radical (unpaired) electrons. The third-order valence-electron chi connectivity index (χ3n) is 4.34. The number of rotatable bonds is 2. The minimum atomic E-state index is 0.262. The van der Waals surface area contributed by atoms with Gasteiger partial charge in [0.15, 0.2) is 0 Å². The van der Waals surface area contributed by atoms with Crippen LogP contribution in [0.5, 0.6) is 5.75 Å². The Morgan fingerprint density at radius 2 is 2.00 bits per heavy atom. The average Bonchev–Trinajstić information content (AvgIpc) is 2.37. The fraction of sp³-hybridized carbons (Fsp3) is 0.500. The van der Waals surface area contributed by atoms with Gasteiger partial charge in [-0.3, -0.25) is 0 Å². The molecule has 0 unspecified atom stereocenters. The van der Waals surface area contributed by atoms with Crippen molar-refractivity contribution in [3.63, 3.8) is 0 Å². The van der Waals surface area contributed by atoms with E-state index in [4.69, 9.17) is 10.5 Å². The van der Waals surface area contributed by atoms with Crippen LogP contribution in [0.2, 0.25) is 0 Å². The van der Waals surface area contributed by atoms with Crippen molar-refractivity contribution in [2.75, 3.05) is 5.73 Å². The molecule has 0 amide bonds. The van der Waals surface area contributed by atoms with E-state index in [1.165, 1.54) is 6.42 Å². The van der Waals surface area contributed by atoms with Crippen molar-refractivity contribution in [2.45, 2.75) is 46.1 Å². The number of nitrogen functional groups attached to an aromatic ring is 1. The van der Waals surface area contributed by atoms with Crippen LogP contribution < -0.4 is 10.5 Å². The fourth-order valence-corrected chi connectivity index (χ4v) is 3.76. The number of hydrogen-bond acceptors (Lipinski definition) is 3. The first-order chi connectivity index (χ1) is 9.93. The molecule has 3 nitrogen and oxygen atoms in total. The zero-order valence-corrected chi connectivity index (χ0v) is 13.1. The monoisotopic (exact) mass is 284 g/mol. The molecule has 1 aliphatic rings. The van der Waals surface area contributed by atoms with E-state index >= 15 is 0 Å². The Labute approximate surface area is 126 Å². The van der Waals surface area contributed by atoms with E-state index < -0.39 is 0 Å². The lowest BCUT2D eigenvalue weighted by molar-refractivity contribution is 0.0571. The number of hydrogen-bond donors (Lipinski definition) is 1. The second-order valence-corrected chi connectivity index (χ2v) is 7.22. The van der Waals surface area contributed by atoms with Crippen LogP contribution in [-0.4, -0.2) is 11.1 Å². The molecule has 0 spiro atoms. The maximum absolute atomic E-state index is 6.31. The number of benzene rings is 1. The van der Waals surface area contributed by atoms with Gasteiger partial charge in [0.25, 0.3) is 0 Å². The summed E-state index contributed by atoms with van der Waals surface area (Å²) in [5.74, 6) is 2.09. The Morgan fingerprint density at radius 1 is 1.19 bits per heavy atom. The van der Waals surface area contributed by atoms with Crippen LogP contribution >= 0.6 is 0 Å². The zero-order valence-electron chi connectivity index (χ0n) is 13.1. The summed E-state index contributed by atoms with van der Waals surface area (Å²) in [4.78, 5) is 4.45. The van der Waals surface area contributed by atoms with E-state index in [9.17, 15) is 0 Å². The van der Waals surface area contributed by atoms with Crippen molar-refractivity contribution in [3.8, 4) is 5.75 Å². The third-order valence-corrected chi connectivity index (χ3v) is 4.34. The quantitative estimate of drug-likeness (QED) is 0.888. The highest BCUT2D eigenvalue weighted by Gasteiger charge is 2.33. The van der Waals surface area contributed by atoms with E-state index in [-0.39, 0.29) is 6.10 Å². The summed E-state index contributed by atoms with van der Waals surface area (Å²) in [5.41, 5.74) is 7.04. The van der Waals surface area contributed by atoms with Crippen molar-refractivity contribution < 1.29 is 4.74 Å². The normalized spacial score (nSPS) is 24.9. The SMILES string of the molecule is C[C@@H]1C[C@H](Oc2cccc3ccc(N)nc23)CC(C)(C)C1. The van der Waals surface area contributed by atoms with Gasteiger partial charge in [0, 0.05) is 5.39 Å². The first-order valence-electron chi connectivity index (χ1n) is 7.75. The average molecular weight is 284 g/mol. The topological polar surface area (TPSA) is 48.1 Å². The number of nitrogens with zero attached hydrogens (tertiary/aromatic N) is 1. The number of nitrogens with two attached hydrogens (primary N) is 1. The maximum atomic E-state index is 6.31. The molecule has 112 valence electrons. The van der Waals surface area contributed by atoms with Gasteiger partial charge in [0.05, 0.1) is 6.10 Å². The molecular weight excluding hydrogens is 260 g/mol. The Bertz CT molecular complexity index is 651. The van der Waals surface area contributed by atoms with Gasteiger partial charge in [0.2, 0.25) is 0 Å². The predicted octanol–water partition coefficient (Wildman–Crippen LogP) is 4.41. The molecule has 2 N–H and O–H groups in total. The second-order valence-electron chi connectivity index (χ2n) is 7.22. The molecule has 1 aliphatic carbocycles. The number of anilines is 1. The van der Waals surface area contributed by atoms with Crippen molar-refractivity contribution in [2.24, 2.45) is 11.3 Å². The summed E-state index contributed by atoms with van der Waals surface area (Å²) in [5, 5.41) is 1.07. The van der Waals surface area contributed by atoms with E-state index in [1.54, 1.807) is 0 Å². The molecule has 1 heterocycles. The van der Waals surface area contributed by atoms with Gasteiger partial charge in [-0.2, -0.15) is 0 Å². The fourth-order valence-electron chi connectivity index (χ4n) is 3.76. The Kier molecular flexibility index (Phi) is 3.52. The van der Waals surface area contributed by atoms with Crippen molar-refractivity contribution in [3.05, 3.63) is 30.3 Å². The summed E-state index contributed by atoms with van der Waals surface area (Å²) >= 11 is 0. The first-order valence-corrected chi connectivity index (χ1v) is 7.75. The van der Waals surface area contributed by atoms with Gasteiger partial charge < -0.3 is 10.5 Å². The number of ether oxygens (including phenoxy) is 1. The van der Waals surface area contributed by atoms with E-state index in [0.29, 0.717) is 17.2 Å². The van der Waals surface area contributed by atoms with Crippen LogP contribution in [-0.2, 0) is 0 Å². The number of fused-ring (bicyclic) bond motifs is 1. The Balaban J connectivity index is 1.89. The summed E-state index contributed by atoms with van der Waals surface area (Å²) < 4.78 is 6.31. The van der Waals surface area contributed by atoms with Crippen molar-refractivity contribution in [1.82, 2.24) is 4.98 Å². The highest BCUT2D eigenvalue weighted by atomic mass is 16.5. The molecule has 2 aromatic rings. The molecule has 0 saturated heterocycles. The van der Waals surface area contributed by atoms with Crippen LogP contribution in [0.3, 0.4) is 0 Å². The lowest BCUT2D eigenvalue weighted by atomic mass is 9.71. The second kappa shape index (κ2) is 5.21. The van der Waals surface area contributed by atoms with Gasteiger partial charge >= 0.3 is 0 Å². The molecule has 1 aromatic carbocycles. The summed E-state index contributed by atoms with van der Waals surface area (Å²) in [7, 11) is 0. The van der Waals surface area contributed by atoms with Crippen LogP contribution in [0.15, 0.2) is 30.3 Å². The first kappa shape index (κ1) is 14.2. The predicted molar refractivity (Wildman–Crippen MR) is 87.4 cm³/mol. The molecule has 3 heteroatoms. The van der Waals surface area contributed by atoms with E-state index in [0.717, 1.165) is 29.5 Å². The summed E-state index contributed by atoms with van der Waals surface area (Å²) in [6, 6.07) is 9.89. The third kappa shape index (κ3) is 3.12. The Morgan fingerprint density at radius 3 is 2.76 bits per heavy atom. The van der Waals surface area contributed by atoms with Gasteiger partial charge in [-0.25, -0.2) is 4.98 Å². The molecule has 3 rings (SSSR count). The molecule has 0 bridgehead atoms. The lowest BCUT2D eigenvalue weighted by Gasteiger charge is -2.38. The molecule has 2 atom stereocenters. The van der Waals surface area contributed by atoms with Gasteiger partial charge in [-0.05, 0) is 48.8 Å². The van der Waals surface area contributed by atoms with Gasteiger partial charge in [0.1, 0.15) is 17.1 Å². The molecule has 1 fully saturated rings. The summed E-state index contributed by atoms with van der Waals surface area (Å²) in [6.07, 6.45) is 3.74. The minimum Gasteiger partial charge on any atom is -0.488 e. The summed E-state index contributed by atoms with van der Waals surface area (Å²) in [6.45, 7) is 6.98. The lowest BCUT2D eigenvalue weighted by Crippen LogP contribution is -2.34. The van der Waals surface area contributed by atoms with Crippen molar-refractivity contribution >= 4 is 16.7 Å². The number of para-hydroxylation sites is 1. The highest BCUT2D eigenvalue weighted by Crippen LogP contribution is 2.40. The highest BCUT2D eigenvalue weighted by molar-refractivity contribution is 5.85. The largest absolute Gasteiger partial charge is 0.488 e. The smallest absolute Gasteiger partial charge is 0.146 e. The standard InChI is InChI=1S/C18H24N2O/c1-12-9-14(11-18(2,3)10-12)21-15-6-4-5-13-7-8-16(19)20-17(13)15/h4-8,12,14H,9-11H2,1-3H3,(H2,19,20)/t12-,14+/m1/s1. The zero-order chi connectivity index (χ0) is 15.0. The minimum absolute atomic E-state index is 0.262. The van der Waals surface area contributed by atoms with Crippen LogP contribution in [0, 0.1) is 11.3 Å². The van der Waals surface area contributed by atoms with Crippen LogP contribution in [0.25, 0.3) is 10.9 Å². The van der Waals surface area contributed by atoms with Gasteiger partial charge in [-0.15, -0.1) is 0 Å². The van der Waals surface area contributed by atoms with Gasteiger partial charge in [-0.1, -0.05) is 32.9 Å². The maximum Gasteiger partial charge on any atom is 0.146 e. The van der Waals surface area contributed by atoms with E-state index in [2.05, 4.69) is 25.8 Å². The van der Waals surface area contributed by atoms with Crippen LogP contribution in [0.4, 0.5) is 5.82 Å². The Hall–Kier alpha value is -1.77. The number of pyridine rings is 1. The molecule has 1 aromatic heterocycles. The van der Waals surface area contributed by atoms with Crippen molar-refractivity contribution in [1.29, 1.82) is 0 Å².